The maximum Gasteiger partial charge on any atom is 0.238 e. The van der Waals surface area contributed by atoms with Gasteiger partial charge in [0.2, 0.25) is 5.95 Å². The fraction of sp³-hybridized carbons (Fsp3) is 0. The van der Waals surface area contributed by atoms with E-state index in [-0.39, 0.29) is 0 Å². The Labute approximate surface area is 295 Å². The zero-order valence-corrected chi connectivity index (χ0v) is 27.9. The number of para-hydroxylation sites is 4. The first-order valence-corrected chi connectivity index (χ1v) is 17.8. The van der Waals surface area contributed by atoms with Crippen molar-refractivity contribution in [3.63, 3.8) is 0 Å². The zero-order valence-electron chi connectivity index (χ0n) is 27.1. The van der Waals surface area contributed by atoms with Gasteiger partial charge in [-0.3, -0.25) is 4.57 Å². The van der Waals surface area contributed by atoms with E-state index in [9.17, 15) is 0 Å². The third kappa shape index (κ3) is 4.24. The Hall–Kier alpha value is -6.63. The first-order chi connectivity index (χ1) is 25.3. The van der Waals surface area contributed by atoms with Gasteiger partial charge in [-0.15, -0.1) is 11.3 Å². The molecule has 7 aromatic carbocycles. The highest BCUT2D eigenvalue weighted by Gasteiger charge is 2.21. The normalized spacial score (nSPS) is 11.9. The van der Waals surface area contributed by atoms with Gasteiger partial charge in [0.1, 0.15) is 11.2 Å². The van der Waals surface area contributed by atoms with Gasteiger partial charge < -0.3 is 4.42 Å². The smallest absolute Gasteiger partial charge is 0.238 e. The molecule has 4 aromatic heterocycles. The van der Waals surface area contributed by atoms with Crippen LogP contribution in [0.4, 0.5) is 0 Å². The molecule has 0 aliphatic carbocycles. The van der Waals surface area contributed by atoms with Crippen molar-refractivity contribution < 1.29 is 4.42 Å². The third-order valence-electron chi connectivity index (χ3n) is 9.90. The molecule has 0 unspecified atom stereocenters. The Balaban J connectivity index is 1.17. The first-order valence-electron chi connectivity index (χ1n) is 17.0. The summed E-state index contributed by atoms with van der Waals surface area (Å²) in [6, 6.07) is 54.8. The molecule has 0 aliphatic heterocycles. The van der Waals surface area contributed by atoms with Crippen LogP contribution in [0.5, 0.6) is 0 Å². The predicted molar refractivity (Wildman–Crippen MR) is 211 cm³/mol. The molecular weight excluding hydrogens is 645 g/mol. The second kappa shape index (κ2) is 10.9. The van der Waals surface area contributed by atoms with Crippen LogP contribution in [0.3, 0.4) is 0 Å². The van der Waals surface area contributed by atoms with E-state index in [1.807, 2.05) is 30.3 Å². The maximum absolute atomic E-state index is 6.49. The van der Waals surface area contributed by atoms with Crippen LogP contribution in [0.2, 0.25) is 0 Å². The van der Waals surface area contributed by atoms with Gasteiger partial charge in [0.05, 0.1) is 11.0 Å². The van der Waals surface area contributed by atoms with Gasteiger partial charge in [-0.25, -0.2) is 4.98 Å². The fourth-order valence-corrected chi connectivity index (χ4v) is 8.94. The minimum absolute atomic E-state index is 0.589. The highest BCUT2D eigenvalue weighted by Crippen LogP contribution is 2.45. The molecule has 6 heteroatoms. The molecule has 0 radical (unpaired) electrons. The van der Waals surface area contributed by atoms with Gasteiger partial charge >= 0.3 is 0 Å². The number of hydrogen-bond acceptors (Lipinski definition) is 5. The minimum atomic E-state index is 0.589. The summed E-state index contributed by atoms with van der Waals surface area (Å²) in [5.41, 5.74) is 8.06. The predicted octanol–water partition coefficient (Wildman–Crippen LogP) is 12.2. The highest BCUT2D eigenvalue weighted by molar-refractivity contribution is 7.26. The Morgan fingerprint density at radius 3 is 1.71 bits per heavy atom. The molecular formula is C45H26N4OS. The number of aromatic nitrogens is 4. The quantitative estimate of drug-likeness (QED) is 0.187. The van der Waals surface area contributed by atoms with Crippen LogP contribution in [0.15, 0.2) is 162 Å². The summed E-state index contributed by atoms with van der Waals surface area (Å²) in [4.78, 5) is 15.6. The molecule has 51 heavy (non-hydrogen) atoms. The zero-order chi connectivity index (χ0) is 33.5. The molecule has 0 spiro atoms. The van der Waals surface area contributed by atoms with E-state index < -0.39 is 0 Å². The lowest BCUT2D eigenvalue weighted by Crippen LogP contribution is -2.06. The lowest BCUT2D eigenvalue weighted by atomic mass is 10.00. The lowest BCUT2D eigenvalue weighted by Gasteiger charge is -2.11. The van der Waals surface area contributed by atoms with E-state index in [1.165, 1.54) is 15.5 Å². The van der Waals surface area contributed by atoms with Crippen LogP contribution < -0.4 is 0 Å². The van der Waals surface area contributed by atoms with Crippen LogP contribution in [-0.2, 0) is 0 Å². The van der Waals surface area contributed by atoms with E-state index in [0.717, 1.165) is 70.7 Å². The average molecular weight is 671 g/mol. The Bertz CT molecular complexity index is 3100. The molecule has 0 saturated heterocycles. The number of nitrogens with zero attached hydrogens (tertiary/aromatic N) is 4. The van der Waals surface area contributed by atoms with Crippen LogP contribution in [0, 0.1) is 0 Å². The molecule has 0 atom stereocenters. The molecule has 11 rings (SSSR count). The van der Waals surface area contributed by atoms with Gasteiger partial charge in [-0.05, 0) is 24.3 Å². The summed E-state index contributed by atoms with van der Waals surface area (Å²) in [7, 11) is 0. The number of fused-ring (bicyclic) bond motifs is 9. The standard InChI is InChI=1S/C45H26N4OS/c1-2-13-27(14-3-1)43-46-44(48-45(47-43)49-37-24-7-4-15-28(37)29-16-5-8-25-38(29)49)36-23-12-22-35-34-21-11-20-33(41(34)51-42(35)36)32-19-10-18-31-30-17-6-9-26-39(30)50-40(31)32/h1-26H. The Kier molecular flexibility index (Phi) is 6.05. The van der Waals surface area contributed by atoms with E-state index in [2.05, 4.69) is 132 Å². The van der Waals surface area contributed by atoms with Crippen LogP contribution in [-0.4, -0.2) is 19.5 Å². The molecule has 0 fully saturated rings. The third-order valence-corrected chi connectivity index (χ3v) is 11.2. The van der Waals surface area contributed by atoms with Gasteiger partial charge in [0.15, 0.2) is 11.6 Å². The van der Waals surface area contributed by atoms with E-state index >= 15 is 0 Å². The van der Waals surface area contributed by atoms with Gasteiger partial charge in [-0.2, -0.15) is 9.97 Å². The van der Waals surface area contributed by atoms with Crippen LogP contribution in [0.1, 0.15) is 0 Å². The summed E-state index contributed by atoms with van der Waals surface area (Å²) < 4.78 is 11.0. The van der Waals surface area contributed by atoms with E-state index in [4.69, 9.17) is 19.4 Å². The highest BCUT2D eigenvalue weighted by atomic mass is 32.1. The van der Waals surface area contributed by atoms with Crippen LogP contribution >= 0.6 is 11.3 Å². The molecule has 0 amide bonds. The molecule has 238 valence electrons. The van der Waals surface area contributed by atoms with Gasteiger partial charge in [0, 0.05) is 64.0 Å². The van der Waals surface area contributed by atoms with Crippen molar-refractivity contribution in [1.82, 2.24) is 19.5 Å². The summed E-state index contributed by atoms with van der Waals surface area (Å²) in [5, 5.41) is 6.94. The summed E-state index contributed by atoms with van der Waals surface area (Å²) in [6.45, 7) is 0. The number of hydrogen-bond donors (Lipinski definition) is 0. The van der Waals surface area contributed by atoms with Crippen LogP contribution in [0.25, 0.3) is 104 Å². The van der Waals surface area contributed by atoms with Crippen molar-refractivity contribution >= 4 is 75.3 Å². The van der Waals surface area contributed by atoms with Gasteiger partial charge in [0.25, 0.3) is 0 Å². The average Bonchev–Trinajstić information content (AvgIpc) is 3.88. The lowest BCUT2D eigenvalue weighted by molar-refractivity contribution is 0.670. The van der Waals surface area contributed by atoms with Crippen molar-refractivity contribution in [2.24, 2.45) is 0 Å². The van der Waals surface area contributed by atoms with Gasteiger partial charge in [-0.1, -0.05) is 133 Å². The largest absolute Gasteiger partial charge is 0.455 e. The minimum Gasteiger partial charge on any atom is -0.455 e. The van der Waals surface area contributed by atoms with E-state index in [0.29, 0.717) is 17.6 Å². The number of thiophene rings is 1. The number of rotatable bonds is 4. The van der Waals surface area contributed by atoms with Crippen molar-refractivity contribution in [2.45, 2.75) is 0 Å². The van der Waals surface area contributed by atoms with Crippen molar-refractivity contribution in [3.05, 3.63) is 158 Å². The molecule has 0 saturated carbocycles. The molecule has 0 N–H and O–H groups in total. The monoisotopic (exact) mass is 670 g/mol. The molecule has 0 bridgehead atoms. The Morgan fingerprint density at radius 1 is 0.412 bits per heavy atom. The topological polar surface area (TPSA) is 56.7 Å². The van der Waals surface area contributed by atoms with Crippen molar-refractivity contribution in [1.29, 1.82) is 0 Å². The molecule has 4 heterocycles. The summed E-state index contributed by atoms with van der Waals surface area (Å²) in [5.74, 6) is 1.86. The second-order valence-electron chi connectivity index (χ2n) is 12.8. The molecule has 0 aliphatic rings. The Morgan fingerprint density at radius 2 is 0.961 bits per heavy atom. The second-order valence-corrected chi connectivity index (χ2v) is 13.8. The maximum atomic E-state index is 6.49. The first kappa shape index (κ1) is 28.2. The summed E-state index contributed by atoms with van der Waals surface area (Å²) in [6.07, 6.45) is 0. The number of furan rings is 1. The molecule has 5 nitrogen and oxygen atoms in total. The fourth-order valence-electron chi connectivity index (χ4n) is 7.61. The molecule has 11 aromatic rings. The summed E-state index contributed by atoms with van der Waals surface area (Å²) >= 11 is 1.78. The van der Waals surface area contributed by atoms with Crippen molar-refractivity contribution in [3.8, 4) is 39.9 Å². The SMILES string of the molecule is c1ccc(-c2nc(-c3cccc4c3sc3c(-c5cccc6c5oc5ccccc56)cccc34)nc(-n3c4ccccc4c4ccccc43)n2)cc1. The number of benzene rings is 7. The van der Waals surface area contributed by atoms with E-state index in [1.54, 1.807) is 11.3 Å². The van der Waals surface area contributed by atoms with Crippen molar-refractivity contribution in [2.75, 3.05) is 0 Å².